The molecular weight excluding hydrogens is 494 g/mol. The van der Waals surface area contributed by atoms with Crippen molar-refractivity contribution < 1.29 is 38.9 Å². The van der Waals surface area contributed by atoms with Crippen LogP contribution < -0.4 is 25.0 Å². The van der Waals surface area contributed by atoms with Crippen LogP contribution in [0.4, 0.5) is 5.69 Å². The van der Waals surface area contributed by atoms with Gasteiger partial charge in [-0.05, 0) is 55.1 Å². The third-order valence-electron chi connectivity index (χ3n) is 6.49. The van der Waals surface area contributed by atoms with Crippen LogP contribution in [0.1, 0.15) is 33.2 Å². The van der Waals surface area contributed by atoms with Gasteiger partial charge < -0.3 is 35.2 Å². The van der Waals surface area contributed by atoms with Gasteiger partial charge in [-0.2, -0.15) is 0 Å². The summed E-state index contributed by atoms with van der Waals surface area (Å²) in [4.78, 5) is 51.3. The number of anilines is 1. The molecule has 4 rings (SSSR count). The first-order valence-electron chi connectivity index (χ1n) is 11.8. The fourth-order valence-electron chi connectivity index (χ4n) is 4.32. The molecule has 0 aliphatic carbocycles. The number of methoxy groups -OCH3 is 1. The number of ether oxygens (including phenoxy) is 2. The Balaban J connectivity index is 1.85. The largest absolute Gasteiger partial charge is 0.496 e. The van der Waals surface area contributed by atoms with Crippen LogP contribution in [0.2, 0.25) is 0 Å². The van der Waals surface area contributed by atoms with E-state index in [1.165, 1.54) is 36.3 Å². The number of carboxylic acid groups (broad SMARTS) is 2. The summed E-state index contributed by atoms with van der Waals surface area (Å²) in [5.41, 5.74) is 0.754. The standard InChI is InChI=1S/C27H27N3O8/c1-14(28-2)24(31)29-20-13-38-23-18(27(35)36)5-4-6-21(23)30(25(20)32)12-19-17-9-7-16(26(33)34)11-15(17)8-10-22(19)37-3/h4-11,14,20,28H,12-13H2,1-3H3,(H,29,31)(H,33,34)(H,35,36)/t14-,20-/m0/s1. The van der Waals surface area contributed by atoms with Crippen molar-refractivity contribution in [3.63, 3.8) is 0 Å². The summed E-state index contributed by atoms with van der Waals surface area (Å²) in [6.45, 7) is 1.29. The van der Waals surface area contributed by atoms with Crippen molar-refractivity contribution in [3.05, 3.63) is 65.2 Å². The molecule has 4 N–H and O–H groups in total. The Hall–Kier alpha value is -4.64. The molecule has 2 atom stereocenters. The Morgan fingerprint density at radius 3 is 2.55 bits per heavy atom. The zero-order valence-electron chi connectivity index (χ0n) is 21.0. The molecule has 11 heteroatoms. The summed E-state index contributed by atoms with van der Waals surface area (Å²) in [6.07, 6.45) is 0. The average Bonchev–Trinajstić information content (AvgIpc) is 3.04. The van der Waals surface area contributed by atoms with E-state index in [1.807, 2.05) is 0 Å². The molecule has 0 fully saturated rings. The van der Waals surface area contributed by atoms with Crippen LogP contribution >= 0.6 is 0 Å². The molecule has 38 heavy (non-hydrogen) atoms. The van der Waals surface area contributed by atoms with Gasteiger partial charge in [-0.1, -0.05) is 18.2 Å². The fourth-order valence-corrected chi connectivity index (χ4v) is 4.32. The SMILES string of the molecule is CN[C@@H](C)C(=O)N[C@H]1COc2c(C(=O)O)cccc2N(Cc2c(OC)ccc3cc(C(=O)O)ccc23)C1=O. The summed E-state index contributed by atoms with van der Waals surface area (Å²) in [6, 6.07) is 10.8. The lowest BCUT2D eigenvalue weighted by Crippen LogP contribution is -2.53. The lowest BCUT2D eigenvalue weighted by Gasteiger charge is -2.27. The number of hydrogen-bond acceptors (Lipinski definition) is 7. The number of aromatic carboxylic acids is 2. The van der Waals surface area contributed by atoms with Gasteiger partial charge in [0.25, 0.3) is 5.91 Å². The molecule has 3 aromatic rings. The first kappa shape index (κ1) is 26.4. The van der Waals surface area contributed by atoms with Gasteiger partial charge in [0.05, 0.1) is 30.9 Å². The van der Waals surface area contributed by atoms with E-state index >= 15 is 0 Å². The zero-order valence-corrected chi connectivity index (χ0v) is 21.0. The Morgan fingerprint density at radius 2 is 1.89 bits per heavy atom. The van der Waals surface area contributed by atoms with E-state index in [0.29, 0.717) is 22.1 Å². The number of nitrogens with one attached hydrogen (secondary N) is 2. The van der Waals surface area contributed by atoms with Crippen LogP contribution in [0.3, 0.4) is 0 Å². The molecule has 0 aromatic heterocycles. The van der Waals surface area contributed by atoms with Gasteiger partial charge in [0, 0.05) is 5.56 Å². The Morgan fingerprint density at radius 1 is 1.13 bits per heavy atom. The molecule has 0 saturated carbocycles. The van der Waals surface area contributed by atoms with E-state index in [1.54, 1.807) is 38.2 Å². The van der Waals surface area contributed by atoms with Gasteiger partial charge in [0.2, 0.25) is 5.91 Å². The number of rotatable bonds is 8. The number of carboxylic acids is 2. The highest BCUT2D eigenvalue weighted by molar-refractivity contribution is 6.04. The van der Waals surface area contributed by atoms with E-state index in [-0.39, 0.29) is 35.7 Å². The maximum absolute atomic E-state index is 13.9. The second-order valence-electron chi connectivity index (χ2n) is 8.75. The molecular formula is C27H27N3O8. The topological polar surface area (TPSA) is 154 Å². The lowest BCUT2D eigenvalue weighted by molar-refractivity contribution is -0.129. The molecule has 1 heterocycles. The van der Waals surface area contributed by atoms with Crippen LogP contribution in [0.15, 0.2) is 48.5 Å². The molecule has 11 nitrogen and oxygen atoms in total. The predicted octanol–water partition coefficient (Wildman–Crippen LogP) is 2.26. The first-order chi connectivity index (χ1) is 18.2. The number of benzene rings is 3. The van der Waals surface area contributed by atoms with Crippen molar-refractivity contribution in [1.29, 1.82) is 0 Å². The highest BCUT2D eigenvalue weighted by Gasteiger charge is 2.36. The maximum Gasteiger partial charge on any atom is 0.339 e. The average molecular weight is 522 g/mol. The van der Waals surface area contributed by atoms with Crippen molar-refractivity contribution in [1.82, 2.24) is 10.6 Å². The summed E-state index contributed by atoms with van der Waals surface area (Å²) < 4.78 is 11.4. The monoisotopic (exact) mass is 521 g/mol. The van der Waals surface area contributed by atoms with E-state index in [9.17, 15) is 29.4 Å². The lowest BCUT2D eigenvalue weighted by atomic mass is 10.00. The number of likely N-dealkylation sites (N-methyl/N-ethyl adjacent to an activating group) is 1. The van der Waals surface area contributed by atoms with Gasteiger partial charge in [0.15, 0.2) is 5.75 Å². The number of carbonyl (C=O) groups excluding carboxylic acids is 2. The van der Waals surface area contributed by atoms with E-state index in [2.05, 4.69) is 10.6 Å². The summed E-state index contributed by atoms with van der Waals surface area (Å²) in [5, 5.41) is 25.9. The third kappa shape index (κ3) is 4.96. The Bertz CT molecular complexity index is 1440. The fraction of sp³-hybridized carbons (Fsp3) is 0.259. The summed E-state index contributed by atoms with van der Waals surface area (Å²) in [5.74, 6) is -2.80. The van der Waals surface area contributed by atoms with Crippen molar-refractivity contribution in [3.8, 4) is 11.5 Å². The molecule has 0 bridgehead atoms. The van der Waals surface area contributed by atoms with Crippen molar-refractivity contribution >= 4 is 40.2 Å². The van der Waals surface area contributed by atoms with Crippen LogP contribution in [-0.2, 0) is 16.1 Å². The van der Waals surface area contributed by atoms with Crippen LogP contribution in [0.5, 0.6) is 11.5 Å². The number of para-hydroxylation sites is 1. The number of carbonyl (C=O) groups is 4. The summed E-state index contributed by atoms with van der Waals surface area (Å²) in [7, 11) is 3.09. The smallest absolute Gasteiger partial charge is 0.339 e. The highest BCUT2D eigenvalue weighted by atomic mass is 16.5. The zero-order chi connectivity index (χ0) is 27.6. The first-order valence-corrected chi connectivity index (χ1v) is 11.8. The van der Waals surface area contributed by atoms with Crippen LogP contribution in [0, 0.1) is 0 Å². The Kier molecular flexibility index (Phi) is 7.49. The maximum atomic E-state index is 13.9. The van der Waals surface area contributed by atoms with Gasteiger partial charge in [-0.25, -0.2) is 9.59 Å². The molecule has 3 aromatic carbocycles. The number of hydrogen-bond donors (Lipinski definition) is 4. The summed E-state index contributed by atoms with van der Waals surface area (Å²) >= 11 is 0. The second kappa shape index (κ2) is 10.8. The van der Waals surface area contributed by atoms with Crippen molar-refractivity contribution in [2.24, 2.45) is 0 Å². The molecule has 0 saturated heterocycles. The molecule has 0 unspecified atom stereocenters. The predicted molar refractivity (Wildman–Crippen MR) is 138 cm³/mol. The minimum Gasteiger partial charge on any atom is -0.496 e. The number of fused-ring (bicyclic) bond motifs is 2. The van der Waals surface area contributed by atoms with E-state index in [0.717, 1.165) is 0 Å². The van der Waals surface area contributed by atoms with Gasteiger partial charge >= 0.3 is 11.9 Å². The highest BCUT2D eigenvalue weighted by Crippen LogP contribution is 2.38. The molecule has 198 valence electrons. The van der Waals surface area contributed by atoms with E-state index < -0.39 is 35.8 Å². The molecule has 0 radical (unpaired) electrons. The van der Waals surface area contributed by atoms with Crippen LogP contribution in [0.25, 0.3) is 10.8 Å². The van der Waals surface area contributed by atoms with E-state index in [4.69, 9.17) is 9.47 Å². The number of amides is 2. The second-order valence-corrected chi connectivity index (χ2v) is 8.75. The molecule has 1 aliphatic heterocycles. The quantitative estimate of drug-likeness (QED) is 0.349. The van der Waals surface area contributed by atoms with Crippen molar-refractivity contribution in [2.45, 2.75) is 25.6 Å². The minimum atomic E-state index is -1.23. The molecule has 2 amide bonds. The molecule has 0 spiro atoms. The van der Waals surface area contributed by atoms with Gasteiger partial charge in [-0.3, -0.25) is 9.59 Å². The minimum absolute atomic E-state index is 0.000805. The van der Waals surface area contributed by atoms with Gasteiger partial charge in [-0.15, -0.1) is 0 Å². The van der Waals surface area contributed by atoms with Crippen LogP contribution in [-0.4, -0.2) is 66.8 Å². The molecule has 1 aliphatic rings. The Labute approximate surface area is 217 Å². The third-order valence-corrected chi connectivity index (χ3v) is 6.49. The van der Waals surface area contributed by atoms with Gasteiger partial charge in [0.1, 0.15) is 24.0 Å². The van der Waals surface area contributed by atoms with Crippen molar-refractivity contribution in [2.75, 3.05) is 25.7 Å². The normalized spacial score (nSPS) is 15.7. The number of nitrogens with zero attached hydrogens (tertiary/aromatic N) is 1.